The number of esters is 1. The van der Waals surface area contributed by atoms with Gasteiger partial charge in [0.25, 0.3) is 6.26 Å². The van der Waals surface area contributed by atoms with E-state index < -0.39 is 5.97 Å². The van der Waals surface area contributed by atoms with E-state index >= 15 is 0 Å². The van der Waals surface area contributed by atoms with E-state index in [-0.39, 0.29) is 0 Å². The molecule has 0 aliphatic rings. The molecule has 0 radical (unpaired) electrons. The van der Waals surface area contributed by atoms with Crippen molar-refractivity contribution in [2.75, 3.05) is 0 Å². The first-order valence-electron chi connectivity index (χ1n) is 7.54. The number of hydrogen-bond acceptors (Lipinski definition) is 3. The maximum absolute atomic E-state index is 12.2. The van der Waals surface area contributed by atoms with E-state index in [0.29, 0.717) is 12.0 Å². The van der Waals surface area contributed by atoms with Crippen LogP contribution in [0.3, 0.4) is 0 Å². The van der Waals surface area contributed by atoms with E-state index in [1.54, 1.807) is 0 Å². The molecule has 0 heterocycles. The summed E-state index contributed by atoms with van der Waals surface area (Å²) in [5, 5.41) is 8.66. The van der Waals surface area contributed by atoms with Gasteiger partial charge in [0, 0.05) is 5.57 Å². The third-order valence-electron chi connectivity index (χ3n) is 3.72. The van der Waals surface area contributed by atoms with Crippen LogP contribution in [0.15, 0.2) is 54.1 Å². The summed E-state index contributed by atoms with van der Waals surface area (Å²) in [5.74, 6) is -0.592. The van der Waals surface area contributed by atoms with Crippen LogP contribution in [0.4, 0.5) is 0 Å². The fraction of sp³-hybridized carbons (Fsp3) is 0.200. The highest BCUT2D eigenvalue weighted by molar-refractivity contribution is 6.02. The van der Waals surface area contributed by atoms with E-state index in [1.807, 2.05) is 69.3 Å². The summed E-state index contributed by atoms with van der Waals surface area (Å²) in [4.78, 5) is 12.2. The van der Waals surface area contributed by atoms with Gasteiger partial charge in [0.1, 0.15) is 0 Å². The molecule has 0 spiro atoms. The molecule has 2 rings (SSSR count). The highest BCUT2D eigenvalue weighted by Crippen LogP contribution is 2.29. The third kappa shape index (κ3) is 3.87. The number of ether oxygens (including phenoxy) is 1. The lowest BCUT2D eigenvalue weighted by atomic mass is 9.91. The average Bonchev–Trinajstić information content (AvgIpc) is 2.55. The molecule has 0 N–H and O–H groups in total. The van der Waals surface area contributed by atoms with Crippen LogP contribution >= 0.6 is 0 Å². The molecule has 0 aliphatic carbocycles. The molecule has 116 valence electrons. The first-order chi connectivity index (χ1) is 11.1. The predicted octanol–water partition coefficient (Wildman–Crippen LogP) is 4.54. The van der Waals surface area contributed by atoms with Crippen molar-refractivity contribution in [1.29, 1.82) is 5.26 Å². The van der Waals surface area contributed by atoms with Crippen molar-refractivity contribution in [3.8, 4) is 6.26 Å². The summed E-state index contributed by atoms with van der Waals surface area (Å²) in [6, 6.07) is 16.0. The number of aryl methyl sites for hydroxylation is 2. The number of rotatable bonds is 4. The van der Waals surface area contributed by atoms with Crippen molar-refractivity contribution in [3.05, 3.63) is 76.4 Å². The second-order valence-corrected chi connectivity index (χ2v) is 5.42. The lowest BCUT2D eigenvalue weighted by molar-refractivity contribution is -0.132. The summed E-state index contributed by atoms with van der Waals surface area (Å²) in [6.07, 6.45) is 1.96. The van der Waals surface area contributed by atoms with Crippen LogP contribution < -0.4 is 0 Å². The minimum absolute atomic E-state index is 0.484. The van der Waals surface area contributed by atoms with Crippen molar-refractivity contribution < 1.29 is 9.53 Å². The lowest BCUT2D eigenvalue weighted by Gasteiger charge is -2.14. The fourth-order valence-corrected chi connectivity index (χ4v) is 2.48. The zero-order valence-corrected chi connectivity index (χ0v) is 13.6. The van der Waals surface area contributed by atoms with Gasteiger partial charge in [0.2, 0.25) is 0 Å². The van der Waals surface area contributed by atoms with Gasteiger partial charge in [0.15, 0.2) is 0 Å². The quantitative estimate of drug-likeness (QED) is 0.473. The van der Waals surface area contributed by atoms with E-state index in [0.717, 1.165) is 27.8 Å². The molecule has 0 unspecified atom stereocenters. The van der Waals surface area contributed by atoms with Gasteiger partial charge >= 0.3 is 5.97 Å². The first kappa shape index (κ1) is 16.5. The second kappa shape index (κ2) is 7.42. The third-order valence-corrected chi connectivity index (χ3v) is 3.72. The zero-order valence-electron chi connectivity index (χ0n) is 13.6. The Morgan fingerprint density at radius 3 is 1.74 bits per heavy atom. The Morgan fingerprint density at radius 1 is 0.957 bits per heavy atom. The zero-order chi connectivity index (χ0) is 16.8. The number of nitriles is 1. The van der Waals surface area contributed by atoms with Crippen LogP contribution in [0.1, 0.15) is 35.6 Å². The van der Waals surface area contributed by atoms with Crippen molar-refractivity contribution in [1.82, 2.24) is 0 Å². The molecule has 0 saturated carbocycles. The van der Waals surface area contributed by atoms with Gasteiger partial charge in [-0.2, -0.15) is 0 Å². The van der Waals surface area contributed by atoms with Gasteiger partial charge in [0.05, 0.1) is 0 Å². The molecular weight excluding hydrogens is 286 g/mol. The lowest BCUT2D eigenvalue weighted by Crippen LogP contribution is -2.08. The van der Waals surface area contributed by atoms with E-state index in [2.05, 4.69) is 4.74 Å². The number of hydrogen-bond donors (Lipinski definition) is 0. The average molecular weight is 305 g/mol. The van der Waals surface area contributed by atoms with Crippen molar-refractivity contribution in [2.24, 2.45) is 0 Å². The Kier molecular flexibility index (Phi) is 5.32. The van der Waals surface area contributed by atoms with E-state index in [1.165, 1.54) is 6.26 Å². The van der Waals surface area contributed by atoms with Crippen LogP contribution in [0.5, 0.6) is 0 Å². The maximum Gasteiger partial charge on any atom is 0.350 e. The van der Waals surface area contributed by atoms with E-state index in [4.69, 9.17) is 5.26 Å². The Morgan fingerprint density at radius 2 is 1.39 bits per heavy atom. The summed E-state index contributed by atoms with van der Waals surface area (Å²) < 4.78 is 4.58. The van der Waals surface area contributed by atoms with Crippen LogP contribution in [0, 0.1) is 25.4 Å². The molecule has 0 atom stereocenters. The summed E-state index contributed by atoms with van der Waals surface area (Å²) >= 11 is 0. The van der Waals surface area contributed by atoms with Crippen molar-refractivity contribution in [2.45, 2.75) is 27.2 Å². The minimum atomic E-state index is -0.592. The van der Waals surface area contributed by atoms with E-state index in [9.17, 15) is 4.79 Å². The molecular formula is C20H19NO2. The predicted molar refractivity (Wildman–Crippen MR) is 90.4 cm³/mol. The van der Waals surface area contributed by atoms with Crippen LogP contribution in [0.25, 0.3) is 5.57 Å². The van der Waals surface area contributed by atoms with Gasteiger partial charge in [-0.3, -0.25) is 0 Å². The van der Waals surface area contributed by atoms with Crippen molar-refractivity contribution >= 4 is 11.5 Å². The normalized spacial score (nSPS) is 9.83. The topological polar surface area (TPSA) is 50.1 Å². The smallest absolute Gasteiger partial charge is 0.347 e. The standard InChI is InChI=1S/C20H19NO2/c1-4-18(20(22)23-13-21)19(16-9-5-14(2)6-10-16)17-11-7-15(3)8-12-17/h5-12H,4H2,1-3H3. The Bertz CT molecular complexity index is 715. The molecule has 3 nitrogen and oxygen atoms in total. The Labute approximate surface area is 136 Å². The SMILES string of the molecule is CCC(C(=O)OC#N)=C(c1ccc(C)cc1)c1ccc(C)cc1. The molecule has 23 heavy (non-hydrogen) atoms. The van der Waals surface area contributed by atoms with Gasteiger partial charge in [-0.25, -0.2) is 4.79 Å². The van der Waals surface area contributed by atoms with Gasteiger partial charge < -0.3 is 4.74 Å². The monoisotopic (exact) mass is 305 g/mol. The minimum Gasteiger partial charge on any atom is -0.347 e. The molecule has 0 aromatic heterocycles. The maximum atomic E-state index is 12.2. The van der Waals surface area contributed by atoms with Crippen LogP contribution in [-0.4, -0.2) is 5.97 Å². The van der Waals surface area contributed by atoms with Crippen molar-refractivity contribution in [3.63, 3.8) is 0 Å². The summed E-state index contributed by atoms with van der Waals surface area (Å²) in [6.45, 7) is 5.92. The number of carbonyl (C=O) groups is 1. The molecule has 2 aromatic carbocycles. The first-order valence-corrected chi connectivity index (χ1v) is 7.54. The highest BCUT2D eigenvalue weighted by atomic mass is 16.5. The molecule has 0 saturated heterocycles. The van der Waals surface area contributed by atoms with Gasteiger partial charge in [-0.05, 0) is 37.0 Å². The van der Waals surface area contributed by atoms with Gasteiger partial charge in [-0.1, -0.05) is 66.6 Å². The summed E-state index contributed by atoms with van der Waals surface area (Å²) in [5.41, 5.74) is 5.48. The fourth-order valence-electron chi connectivity index (χ4n) is 2.48. The summed E-state index contributed by atoms with van der Waals surface area (Å²) in [7, 11) is 0. The number of nitrogens with zero attached hydrogens (tertiary/aromatic N) is 1. The molecule has 2 aromatic rings. The van der Waals surface area contributed by atoms with Crippen LogP contribution in [-0.2, 0) is 9.53 Å². The number of benzene rings is 2. The molecule has 0 amide bonds. The largest absolute Gasteiger partial charge is 0.350 e. The molecule has 0 bridgehead atoms. The van der Waals surface area contributed by atoms with Gasteiger partial charge in [-0.15, -0.1) is 5.26 Å². The Balaban J connectivity index is 2.67. The number of carbonyl (C=O) groups excluding carboxylic acids is 1. The van der Waals surface area contributed by atoms with Crippen LogP contribution in [0.2, 0.25) is 0 Å². The molecule has 0 fully saturated rings. The molecule has 3 heteroatoms. The highest BCUT2D eigenvalue weighted by Gasteiger charge is 2.18. The Hall–Kier alpha value is -2.86. The second-order valence-electron chi connectivity index (χ2n) is 5.42. The molecule has 0 aliphatic heterocycles.